The molecule has 1 rings (SSSR count). The Balaban J connectivity index is 2.98. The third-order valence-corrected chi connectivity index (χ3v) is 2.42. The van der Waals surface area contributed by atoms with Crippen molar-refractivity contribution in [1.82, 2.24) is 0 Å². The molecule has 0 saturated carbocycles. The van der Waals surface area contributed by atoms with Crippen molar-refractivity contribution in [1.29, 1.82) is 0 Å². The zero-order valence-corrected chi connectivity index (χ0v) is 9.21. The molecular weight excluding hydrogens is 198 g/mol. The molecule has 0 saturated heterocycles. The van der Waals surface area contributed by atoms with E-state index in [2.05, 4.69) is 18.7 Å². The lowest BCUT2D eigenvalue weighted by molar-refractivity contribution is 0.108. The molecule has 76 valence electrons. The number of carbonyl (C=O) groups excluding carboxylic acids is 1. The van der Waals surface area contributed by atoms with E-state index in [0.717, 1.165) is 18.8 Å². The summed E-state index contributed by atoms with van der Waals surface area (Å²) in [6.07, 6.45) is 0. The first-order chi connectivity index (χ1) is 6.69. The minimum atomic E-state index is -0.404. The maximum atomic E-state index is 10.9. The van der Waals surface area contributed by atoms with E-state index in [1.54, 1.807) is 6.07 Å². The highest BCUT2D eigenvalue weighted by Gasteiger charge is 2.05. The van der Waals surface area contributed by atoms with E-state index in [9.17, 15) is 4.79 Å². The van der Waals surface area contributed by atoms with Crippen LogP contribution < -0.4 is 4.90 Å². The van der Waals surface area contributed by atoms with Gasteiger partial charge in [0.25, 0.3) is 5.24 Å². The fourth-order valence-electron chi connectivity index (χ4n) is 1.41. The van der Waals surface area contributed by atoms with Crippen LogP contribution in [-0.2, 0) is 0 Å². The Hall–Kier alpha value is -1.02. The van der Waals surface area contributed by atoms with Gasteiger partial charge >= 0.3 is 0 Å². The number of rotatable bonds is 4. The molecule has 0 atom stereocenters. The molecule has 0 amide bonds. The Morgan fingerprint density at radius 2 is 2.00 bits per heavy atom. The Kier molecular flexibility index (Phi) is 3.96. The van der Waals surface area contributed by atoms with Crippen molar-refractivity contribution in [2.24, 2.45) is 0 Å². The van der Waals surface area contributed by atoms with Crippen molar-refractivity contribution in [2.75, 3.05) is 18.0 Å². The molecule has 1 aromatic carbocycles. The van der Waals surface area contributed by atoms with E-state index in [-0.39, 0.29) is 0 Å². The second kappa shape index (κ2) is 5.01. The van der Waals surface area contributed by atoms with Gasteiger partial charge in [-0.2, -0.15) is 0 Å². The lowest BCUT2D eigenvalue weighted by Crippen LogP contribution is -2.21. The molecule has 2 nitrogen and oxygen atoms in total. The molecule has 0 N–H and O–H groups in total. The standard InChI is InChI=1S/C11H14ClNO/c1-3-13(4-2)10-7-5-6-9(8-10)11(12)14/h5-8H,3-4H2,1-2H3. The topological polar surface area (TPSA) is 20.3 Å². The maximum absolute atomic E-state index is 10.9. The van der Waals surface area contributed by atoms with E-state index in [4.69, 9.17) is 11.6 Å². The molecule has 0 aliphatic heterocycles. The third-order valence-electron chi connectivity index (χ3n) is 2.20. The molecule has 0 aromatic heterocycles. The van der Waals surface area contributed by atoms with Gasteiger partial charge in [0.15, 0.2) is 0 Å². The molecule has 0 fully saturated rings. The van der Waals surface area contributed by atoms with E-state index in [1.807, 2.05) is 18.2 Å². The van der Waals surface area contributed by atoms with Crippen LogP contribution in [-0.4, -0.2) is 18.3 Å². The fourth-order valence-corrected chi connectivity index (χ4v) is 1.53. The normalized spacial score (nSPS) is 9.93. The van der Waals surface area contributed by atoms with Gasteiger partial charge in [-0.05, 0) is 43.6 Å². The van der Waals surface area contributed by atoms with Crippen LogP contribution in [0.2, 0.25) is 0 Å². The SMILES string of the molecule is CCN(CC)c1cccc(C(=O)Cl)c1. The summed E-state index contributed by atoms with van der Waals surface area (Å²) in [4.78, 5) is 13.1. The largest absolute Gasteiger partial charge is 0.372 e. The Morgan fingerprint density at radius 3 is 2.50 bits per heavy atom. The van der Waals surface area contributed by atoms with Crippen LogP contribution in [0, 0.1) is 0 Å². The van der Waals surface area contributed by atoms with E-state index in [0.29, 0.717) is 5.56 Å². The maximum Gasteiger partial charge on any atom is 0.252 e. The highest BCUT2D eigenvalue weighted by Crippen LogP contribution is 2.16. The molecular formula is C11H14ClNO. The number of halogens is 1. The minimum Gasteiger partial charge on any atom is -0.372 e. The summed E-state index contributed by atoms with van der Waals surface area (Å²) in [5.74, 6) is 0. The summed E-state index contributed by atoms with van der Waals surface area (Å²) in [5, 5.41) is -0.404. The lowest BCUT2D eigenvalue weighted by atomic mass is 10.2. The highest BCUT2D eigenvalue weighted by atomic mass is 35.5. The second-order valence-corrected chi connectivity index (χ2v) is 3.34. The number of benzene rings is 1. The average molecular weight is 212 g/mol. The number of carbonyl (C=O) groups is 1. The Morgan fingerprint density at radius 1 is 1.36 bits per heavy atom. The van der Waals surface area contributed by atoms with E-state index < -0.39 is 5.24 Å². The molecule has 0 spiro atoms. The first-order valence-electron chi connectivity index (χ1n) is 4.73. The van der Waals surface area contributed by atoms with Gasteiger partial charge in [-0.1, -0.05) is 6.07 Å². The number of hydrogen-bond donors (Lipinski definition) is 0. The van der Waals surface area contributed by atoms with Gasteiger partial charge in [-0.25, -0.2) is 0 Å². The highest BCUT2D eigenvalue weighted by molar-refractivity contribution is 6.67. The second-order valence-electron chi connectivity index (χ2n) is 3.00. The van der Waals surface area contributed by atoms with Crippen LogP contribution in [0.4, 0.5) is 5.69 Å². The molecule has 0 unspecified atom stereocenters. The Bertz CT molecular complexity index is 321. The summed E-state index contributed by atoms with van der Waals surface area (Å²) in [6, 6.07) is 7.38. The van der Waals surface area contributed by atoms with Gasteiger partial charge in [-0.15, -0.1) is 0 Å². The summed E-state index contributed by atoms with van der Waals surface area (Å²) in [5.41, 5.74) is 1.59. The number of hydrogen-bond acceptors (Lipinski definition) is 2. The fraction of sp³-hybridized carbons (Fsp3) is 0.364. The molecule has 3 heteroatoms. The first kappa shape index (κ1) is 11.1. The van der Waals surface area contributed by atoms with Gasteiger partial charge < -0.3 is 4.90 Å². The molecule has 0 aliphatic carbocycles. The molecule has 0 heterocycles. The van der Waals surface area contributed by atoms with Crippen molar-refractivity contribution >= 4 is 22.5 Å². The van der Waals surface area contributed by atoms with Crippen LogP contribution in [0.25, 0.3) is 0 Å². The van der Waals surface area contributed by atoms with Crippen LogP contribution in [0.3, 0.4) is 0 Å². The average Bonchev–Trinajstić information content (AvgIpc) is 2.20. The van der Waals surface area contributed by atoms with Crippen molar-refractivity contribution in [2.45, 2.75) is 13.8 Å². The van der Waals surface area contributed by atoms with Crippen LogP contribution in [0.15, 0.2) is 24.3 Å². The predicted octanol–water partition coefficient (Wildman–Crippen LogP) is 2.91. The van der Waals surface area contributed by atoms with Gasteiger partial charge in [0.2, 0.25) is 0 Å². The Labute approximate surface area is 89.5 Å². The van der Waals surface area contributed by atoms with Crippen LogP contribution in [0.1, 0.15) is 24.2 Å². The van der Waals surface area contributed by atoms with Crippen molar-refractivity contribution in [3.05, 3.63) is 29.8 Å². The number of nitrogens with zero attached hydrogens (tertiary/aromatic N) is 1. The van der Waals surface area contributed by atoms with Gasteiger partial charge in [0, 0.05) is 24.3 Å². The van der Waals surface area contributed by atoms with Gasteiger partial charge in [0.1, 0.15) is 0 Å². The molecule has 0 bridgehead atoms. The molecule has 0 aliphatic rings. The molecule has 1 aromatic rings. The zero-order valence-electron chi connectivity index (χ0n) is 8.46. The quantitative estimate of drug-likeness (QED) is 0.714. The third kappa shape index (κ3) is 2.48. The van der Waals surface area contributed by atoms with Gasteiger partial charge in [0.05, 0.1) is 0 Å². The molecule has 14 heavy (non-hydrogen) atoms. The van der Waals surface area contributed by atoms with E-state index in [1.165, 1.54) is 0 Å². The smallest absolute Gasteiger partial charge is 0.252 e. The summed E-state index contributed by atoms with van der Waals surface area (Å²) < 4.78 is 0. The predicted molar refractivity (Wildman–Crippen MR) is 60.2 cm³/mol. The van der Waals surface area contributed by atoms with Crippen molar-refractivity contribution < 1.29 is 4.79 Å². The first-order valence-corrected chi connectivity index (χ1v) is 5.11. The zero-order chi connectivity index (χ0) is 10.6. The number of anilines is 1. The minimum absolute atomic E-state index is 0.404. The summed E-state index contributed by atoms with van der Waals surface area (Å²) in [7, 11) is 0. The van der Waals surface area contributed by atoms with Crippen molar-refractivity contribution in [3.63, 3.8) is 0 Å². The van der Waals surface area contributed by atoms with E-state index >= 15 is 0 Å². The lowest BCUT2D eigenvalue weighted by Gasteiger charge is -2.21. The van der Waals surface area contributed by atoms with Crippen molar-refractivity contribution in [3.8, 4) is 0 Å². The van der Waals surface area contributed by atoms with Crippen LogP contribution in [0.5, 0.6) is 0 Å². The van der Waals surface area contributed by atoms with Crippen LogP contribution >= 0.6 is 11.6 Å². The monoisotopic (exact) mass is 211 g/mol. The van der Waals surface area contributed by atoms with Gasteiger partial charge in [-0.3, -0.25) is 4.79 Å². The summed E-state index contributed by atoms with van der Waals surface area (Å²) in [6.45, 7) is 6.02. The molecule has 0 radical (unpaired) electrons. The summed E-state index contributed by atoms with van der Waals surface area (Å²) >= 11 is 5.41.